The number of hydrogen-bond acceptors (Lipinski definition) is 4. The van der Waals surface area contributed by atoms with E-state index in [0.717, 1.165) is 18.5 Å². The van der Waals surface area contributed by atoms with Crippen LogP contribution in [0, 0.1) is 6.92 Å². The normalized spacial score (nSPS) is 21.0. The molecular formula is C13H21N3O3S. The van der Waals surface area contributed by atoms with Crippen molar-refractivity contribution < 1.29 is 13.5 Å². The van der Waals surface area contributed by atoms with Gasteiger partial charge in [0.05, 0.1) is 18.8 Å². The van der Waals surface area contributed by atoms with E-state index in [1.165, 1.54) is 4.31 Å². The van der Waals surface area contributed by atoms with E-state index in [0.29, 0.717) is 18.7 Å². The summed E-state index contributed by atoms with van der Waals surface area (Å²) in [5, 5.41) is 9.30. The number of aryl methyl sites for hydroxylation is 1. The van der Waals surface area contributed by atoms with Gasteiger partial charge in [0, 0.05) is 18.3 Å². The fourth-order valence-corrected chi connectivity index (χ4v) is 3.85. The molecule has 2 heterocycles. The van der Waals surface area contributed by atoms with Crippen LogP contribution in [-0.4, -0.2) is 42.0 Å². The van der Waals surface area contributed by atoms with Crippen LogP contribution in [0.2, 0.25) is 0 Å². The second kappa shape index (κ2) is 6.62. The maximum absolute atomic E-state index is 12.3. The van der Waals surface area contributed by atoms with Crippen LogP contribution < -0.4 is 4.72 Å². The van der Waals surface area contributed by atoms with Crippen LogP contribution in [0.15, 0.2) is 18.2 Å². The van der Waals surface area contributed by atoms with Gasteiger partial charge < -0.3 is 5.11 Å². The van der Waals surface area contributed by atoms with Gasteiger partial charge in [-0.3, -0.25) is 4.98 Å². The number of aliphatic hydroxyl groups is 1. The molecule has 0 saturated carbocycles. The van der Waals surface area contributed by atoms with Crippen molar-refractivity contribution >= 4 is 10.2 Å². The van der Waals surface area contributed by atoms with E-state index < -0.39 is 10.2 Å². The second-order valence-corrected chi connectivity index (χ2v) is 6.75. The van der Waals surface area contributed by atoms with Gasteiger partial charge >= 0.3 is 0 Å². The van der Waals surface area contributed by atoms with Crippen LogP contribution in [-0.2, 0) is 16.8 Å². The molecule has 1 atom stereocenters. The molecule has 1 aliphatic heterocycles. The molecule has 7 heteroatoms. The number of aromatic nitrogens is 1. The molecule has 1 aromatic heterocycles. The van der Waals surface area contributed by atoms with E-state index in [4.69, 9.17) is 0 Å². The van der Waals surface area contributed by atoms with E-state index in [1.54, 1.807) is 6.07 Å². The Hall–Kier alpha value is -1.02. The third-order valence-electron chi connectivity index (χ3n) is 3.47. The fourth-order valence-electron chi connectivity index (χ4n) is 2.42. The highest BCUT2D eigenvalue weighted by Gasteiger charge is 2.31. The Kier molecular flexibility index (Phi) is 5.09. The minimum atomic E-state index is -3.57. The van der Waals surface area contributed by atoms with Crippen molar-refractivity contribution in [1.82, 2.24) is 14.0 Å². The first-order chi connectivity index (χ1) is 9.53. The summed E-state index contributed by atoms with van der Waals surface area (Å²) >= 11 is 0. The number of piperidine rings is 1. The van der Waals surface area contributed by atoms with Gasteiger partial charge in [-0.15, -0.1) is 0 Å². The molecule has 112 valence electrons. The summed E-state index contributed by atoms with van der Waals surface area (Å²) in [5.41, 5.74) is 1.54. The predicted molar refractivity (Wildman–Crippen MR) is 76.2 cm³/mol. The zero-order valence-electron chi connectivity index (χ0n) is 11.6. The Morgan fingerprint density at radius 3 is 2.95 bits per heavy atom. The van der Waals surface area contributed by atoms with Gasteiger partial charge in [-0.05, 0) is 31.9 Å². The molecule has 0 aromatic carbocycles. The molecule has 0 spiro atoms. The van der Waals surface area contributed by atoms with Crippen LogP contribution in [0.25, 0.3) is 0 Å². The minimum Gasteiger partial charge on any atom is -0.395 e. The lowest BCUT2D eigenvalue weighted by atomic mass is 10.1. The summed E-state index contributed by atoms with van der Waals surface area (Å²) < 4.78 is 28.5. The highest BCUT2D eigenvalue weighted by molar-refractivity contribution is 7.87. The third kappa shape index (κ3) is 3.76. The molecule has 1 aliphatic rings. The van der Waals surface area contributed by atoms with E-state index in [9.17, 15) is 13.5 Å². The lowest BCUT2D eigenvalue weighted by molar-refractivity contribution is 0.154. The molecule has 0 aliphatic carbocycles. The number of aliphatic hydroxyl groups excluding tert-OH is 1. The van der Waals surface area contributed by atoms with Crippen LogP contribution in [0.3, 0.4) is 0 Å². The van der Waals surface area contributed by atoms with Crippen molar-refractivity contribution in [2.24, 2.45) is 0 Å². The number of pyridine rings is 1. The SMILES string of the molecule is Cc1cccc(CNS(=O)(=O)N2CCCCC2CO)n1. The predicted octanol–water partition coefficient (Wildman–Crippen LogP) is 0.571. The third-order valence-corrected chi connectivity index (χ3v) is 5.08. The summed E-state index contributed by atoms with van der Waals surface area (Å²) in [5.74, 6) is 0. The largest absolute Gasteiger partial charge is 0.395 e. The van der Waals surface area contributed by atoms with E-state index in [-0.39, 0.29) is 19.2 Å². The summed E-state index contributed by atoms with van der Waals surface area (Å²) in [6, 6.07) is 5.19. The van der Waals surface area contributed by atoms with Crippen molar-refractivity contribution in [2.45, 2.75) is 38.8 Å². The minimum absolute atomic E-state index is 0.135. The van der Waals surface area contributed by atoms with Crippen molar-refractivity contribution in [3.8, 4) is 0 Å². The highest BCUT2D eigenvalue weighted by atomic mass is 32.2. The molecule has 1 fully saturated rings. The second-order valence-electron chi connectivity index (χ2n) is 5.04. The van der Waals surface area contributed by atoms with Gasteiger partial charge in [0.15, 0.2) is 0 Å². The van der Waals surface area contributed by atoms with Crippen LogP contribution in [0.1, 0.15) is 30.7 Å². The monoisotopic (exact) mass is 299 g/mol. The molecule has 20 heavy (non-hydrogen) atoms. The van der Waals surface area contributed by atoms with Gasteiger partial charge in [-0.25, -0.2) is 0 Å². The van der Waals surface area contributed by atoms with E-state index in [2.05, 4.69) is 9.71 Å². The van der Waals surface area contributed by atoms with Crippen molar-refractivity contribution in [3.05, 3.63) is 29.6 Å². The Labute approximate surface area is 120 Å². The highest BCUT2D eigenvalue weighted by Crippen LogP contribution is 2.19. The van der Waals surface area contributed by atoms with Gasteiger partial charge in [-0.2, -0.15) is 17.4 Å². The maximum Gasteiger partial charge on any atom is 0.280 e. The number of rotatable bonds is 5. The van der Waals surface area contributed by atoms with Gasteiger partial charge in [0.1, 0.15) is 0 Å². The number of nitrogens with zero attached hydrogens (tertiary/aromatic N) is 2. The molecule has 1 aromatic rings. The molecule has 0 amide bonds. The molecule has 2 N–H and O–H groups in total. The first-order valence-electron chi connectivity index (χ1n) is 6.83. The molecule has 2 rings (SSSR count). The first-order valence-corrected chi connectivity index (χ1v) is 8.27. The molecule has 1 saturated heterocycles. The molecule has 0 bridgehead atoms. The Balaban J connectivity index is 2.03. The lowest BCUT2D eigenvalue weighted by Crippen LogP contribution is -2.50. The zero-order chi connectivity index (χ0) is 14.6. The number of nitrogens with one attached hydrogen (secondary N) is 1. The Morgan fingerprint density at radius 2 is 2.25 bits per heavy atom. The quantitative estimate of drug-likeness (QED) is 0.833. The average Bonchev–Trinajstić information content (AvgIpc) is 2.45. The van der Waals surface area contributed by atoms with Crippen LogP contribution in [0.4, 0.5) is 0 Å². The van der Waals surface area contributed by atoms with Crippen LogP contribution >= 0.6 is 0 Å². The fraction of sp³-hybridized carbons (Fsp3) is 0.615. The molecule has 6 nitrogen and oxygen atoms in total. The van der Waals surface area contributed by atoms with Gasteiger partial charge in [0.25, 0.3) is 10.2 Å². The first kappa shape index (κ1) is 15.4. The summed E-state index contributed by atoms with van der Waals surface area (Å²) in [6.07, 6.45) is 2.50. The Morgan fingerprint density at radius 1 is 1.45 bits per heavy atom. The maximum atomic E-state index is 12.3. The zero-order valence-corrected chi connectivity index (χ0v) is 12.4. The molecule has 0 radical (unpaired) electrons. The van der Waals surface area contributed by atoms with Crippen molar-refractivity contribution in [2.75, 3.05) is 13.2 Å². The topological polar surface area (TPSA) is 82.5 Å². The standard InChI is InChI=1S/C13H21N3O3S/c1-11-5-4-6-12(15-11)9-14-20(18,19)16-8-3-2-7-13(16)10-17/h4-6,13-14,17H,2-3,7-10H2,1H3. The smallest absolute Gasteiger partial charge is 0.280 e. The Bertz CT molecular complexity index is 548. The van der Waals surface area contributed by atoms with Gasteiger partial charge in [0.2, 0.25) is 0 Å². The van der Waals surface area contributed by atoms with Crippen molar-refractivity contribution in [3.63, 3.8) is 0 Å². The average molecular weight is 299 g/mol. The summed E-state index contributed by atoms with van der Waals surface area (Å²) in [6.45, 7) is 2.36. The van der Waals surface area contributed by atoms with E-state index >= 15 is 0 Å². The summed E-state index contributed by atoms with van der Waals surface area (Å²) in [7, 11) is -3.57. The lowest BCUT2D eigenvalue weighted by Gasteiger charge is -2.33. The molecule has 1 unspecified atom stereocenters. The van der Waals surface area contributed by atoms with Crippen LogP contribution in [0.5, 0.6) is 0 Å². The van der Waals surface area contributed by atoms with Gasteiger partial charge in [-0.1, -0.05) is 12.5 Å². The van der Waals surface area contributed by atoms with Crippen molar-refractivity contribution in [1.29, 1.82) is 0 Å². The number of hydrogen-bond donors (Lipinski definition) is 2. The van der Waals surface area contributed by atoms with E-state index in [1.807, 2.05) is 19.1 Å². The summed E-state index contributed by atoms with van der Waals surface area (Å²) in [4.78, 5) is 4.27. The molecular weight excluding hydrogens is 278 g/mol.